The molecular weight excluding hydrogens is 254 g/mol. The zero-order valence-corrected chi connectivity index (χ0v) is 9.38. The number of aliphatic hydroxyl groups excluding tert-OH is 1. The Morgan fingerprint density at radius 2 is 2.00 bits per heavy atom. The summed E-state index contributed by atoms with van der Waals surface area (Å²) in [4.78, 5) is 0. The van der Waals surface area contributed by atoms with Crippen LogP contribution in [0.1, 0.15) is 24.4 Å². The second-order valence-electron chi connectivity index (χ2n) is 3.71. The van der Waals surface area contributed by atoms with E-state index in [1.54, 1.807) is 0 Å². The van der Waals surface area contributed by atoms with Crippen molar-refractivity contribution in [1.29, 1.82) is 0 Å². The lowest BCUT2D eigenvalue weighted by atomic mass is 10.0. The molecule has 1 atom stereocenters. The lowest BCUT2D eigenvalue weighted by Crippen LogP contribution is -2.18. The monoisotopic (exact) mass is 267 g/mol. The van der Waals surface area contributed by atoms with Gasteiger partial charge in [-0.2, -0.15) is 0 Å². The highest BCUT2D eigenvalue weighted by atomic mass is 19.4. The van der Waals surface area contributed by atoms with Gasteiger partial charge in [-0.25, -0.2) is 4.39 Å². The largest absolute Gasteiger partial charge is 0.573 e. The van der Waals surface area contributed by atoms with Gasteiger partial charge >= 0.3 is 6.36 Å². The lowest BCUT2D eigenvalue weighted by molar-refractivity contribution is -0.275. The summed E-state index contributed by atoms with van der Waals surface area (Å²) in [5.74, 6) is -2.01. The molecule has 102 valence electrons. The van der Waals surface area contributed by atoms with Crippen molar-refractivity contribution >= 4 is 0 Å². The van der Waals surface area contributed by atoms with Gasteiger partial charge in [-0.3, -0.25) is 0 Å². The van der Waals surface area contributed by atoms with Gasteiger partial charge in [-0.15, -0.1) is 13.2 Å². The van der Waals surface area contributed by atoms with Crippen molar-refractivity contribution in [3.8, 4) is 5.75 Å². The van der Waals surface area contributed by atoms with E-state index in [4.69, 9.17) is 10.8 Å². The van der Waals surface area contributed by atoms with Gasteiger partial charge in [0.1, 0.15) is 0 Å². The summed E-state index contributed by atoms with van der Waals surface area (Å²) in [6.45, 7) is -0.0501. The zero-order chi connectivity index (χ0) is 13.8. The Morgan fingerprint density at radius 3 is 2.50 bits per heavy atom. The molecule has 3 N–H and O–H groups in total. The van der Waals surface area contributed by atoms with Crippen LogP contribution in [0.5, 0.6) is 5.75 Å². The molecule has 0 saturated carbocycles. The van der Waals surface area contributed by atoms with Crippen LogP contribution in [0, 0.1) is 5.82 Å². The van der Waals surface area contributed by atoms with E-state index in [-0.39, 0.29) is 6.61 Å². The third-order valence-corrected chi connectivity index (χ3v) is 2.28. The van der Waals surface area contributed by atoms with E-state index in [1.807, 2.05) is 0 Å². The second-order valence-corrected chi connectivity index (χ2v) is 3.71. The minimum Gasteiger partial charge on any atom is -0.403 e. The van der Waals surface area contributed by atoms with Crippen molar-refractivity contribution in [3.63, 3.8) is 0 Å². The minimum atomic E-state index is -4.93. The van der Waals surface area contributed by atoms with Crippen LogP contribution in [0.4, 0.5) is 17.6 Å². The van der Waals surface area contributed by atoms with Crippen LogP contribution in [0.3, 0.4) is 0 Å². The summed E-state index contributed by atoms with van der Waals surface area (Å²) in [7, 11) is 0. The van der Waals surface area contributed by atoms with Gasteiger partial charge in [-0.05, 0) is 30.5 Å². The molecule has 1 rings (SSSR count). The molecule has 0 radical (unpaired) electrons. The first kappa shape index (κ1) is 14.7. The highest BCUT2D eigenvalue weighted by molar-refractivity contribution is 5.31. The van der Waals surface area contributed by atoms with Crippen molar-refractivity contribution in [2.24, 2.45) is 5.73 Å². The fourth-order valence-corrected chi connectivity index (χ4v) is 1.43. The zero-order valence-electron chi connectivity index (χ0n) is 9.38. The smallest absolute Gasteiger partial charge is 0.403 e. The number of halogens is 4. The summed E-state index contributed by atoms with van der Waals surface area (Å²) in [6.07, 6.45) is -4.08. The second kappa shape index (κ2) is 6.01. The predicted molar refractivity (Wildman–Crippen MR) is 56.3 cm³/mol. The summed E-state index contributed by atoms with van der Waals surface area (Å²) >= 11 is 0. The standard InChI is InChI=1S/C11H13F4NO2/c12-8-6-7(9(16)2-1-5-17)3-4-10(8)18-11(13,14)15/h3-4,6,9,17H,1-2,5,16H2/t9-/m0/s1. The van der Waals surface area contributed by atoms with E-state index < -0.39 is 24.0 Å². The number of aliphatic hydroxyl groups is 1. The summed E-state index contributed by atoms with van der Waals surface area (Å²) in [5, 5.41) is 8.61. The molecule has 0 fully saturated rings. The van der Waals surface area contributed by atoms with E-state index in [9.17, 15) is 17.6 Å². The Morgan fingerprint density at radius 1 is 1.33 bits per heavy atom. The Hall–Kier alpha value is -1.34. The molecule has 0 aromatic heterocycles. The van der Waals surface area contributed by atoms with Gasteiger partial charge in [0.25, 0.3) is 0 Å². The molecule has 0 amide bonds. The van der Waals surface area contributed by atoms with Crippen molar-refractivity contribution in [3.05, 3.63) is 29.6 Å². The molecule has 0 unspecified atom stereocenters. The number of alkyl halides is 3. The highest BCUT2D eigenvalue weighted by Gasteiger charge is 2.32. The van der Waals surface area contributed by atoms with Gasteiger partial charge in [0, 0.05) is 12.6 Å². The SMILES string of the molecule is N[C@@H](CCCO)c1ccc(OC(F)(F)F)c(F)c1. The van der Waals surface area contributed by atoms with Gasteiger partial charge in [-0.1, -0.05) is 6.07 Å². The van der Waals surface area contributed by atoms with Crippen LogP contribution in [0.15, 0.2) is 18.2 Å². The topological polar surface area (TPSA) is 55.5 Å². The molecule has 7 heteroatoms. The Balaban J connectivity index is 2.79. The fraction of sp³-hybridized carbons (Fsp3) is 0.455. The number of hydrogen-bond acceptors (Lipinski definition) is 3. The van der Waals surface area contributed by atoms with Gasteiger partial charge in [0.15, 0.2) is 11.6 Å². The molecular formula is C11H13F4NO2. The van der Waals surface area contributed by atoms with E-state index in [1.165, 1.54) is 6.07 Å². The van der Waals surface area contributed by atoms with Gasteiger partial charge in [0.2, 0.25) is 0 Å². The van der Waals surface area contributed by atoms with Gasteiger partial charge < -0.3 is 15.6 Å². The van der Waals surface area contributed by atoms with Crippen LogP contribution in [0.2, 0.25) is 0 Å². The van der Waals surface area contributed by atoms with Crippen molar-refractivity contribution < 1.29 is 27.4 Å². The normalized spacial score (nSPS) is 13.4. The molecule has 0 spiro atoms. The summed E-state index contributed by atoms with van der Waals surface area (Å²) in [5.41, 5.74) is 6.04. The van der Waals surface area contributed by atoms with Crippen LogP contribution >= 0.6 is 0 Å². The molecule has 0 saturated heterocycles. The van der Waals surface area contributed by atoms with Crippen molar-refractivity contribution in [1.82, 2.24) is 0 Å². The molecule has 0 aliphatic rings. The maximum Gasteiger partial charge on any atom is 0.573 e. The maximum atomic E-state index is 13.3. The highest BCUT2D eigenvalue weighted by Crippen LogP contribution is 2.28. The van der Waals surface area contributed by atoms with E-state index in [2.05, 4.69) is 4.74 Å². The minimum absolute atomic E-state index is 0.0501. The summed E-state index contributed by atoms with van der Waals surface area (Å²) in [6, 6.07) is 2.53. The Labute approximate surface area is 101 Å². The first-order valence-corrected chi connectivity index (χ1v) is 5.25. The lowest BCUT2D eigenvalue weighted by Gasteiger charge is -2.14. The number of ether oxygens (including phenoxy) is 1. The third kappa shape index (κ3) is 4.50. The number of hydrogen-bond donors (Lipinski definition) is 2. The third-order valence-electron chi connectivity index (χ3n) is 2.28. The maximum absolute atomic E-state index is 13.3. The Bertz CT molecular complexity index is 395. The predicted octanol–water partition coefficient (Wildman–Crippen LogP) is 2.50. The molecule has 0 heterocycles. The first-order valence-electron chi connectivity index (χ1n) is 5.25. The molecule has 0 aliphatic carbocycles. The number of nitrogens with two attached hydrogens (primary N) is 1. The molecule has 0 aliphatic heterocycles. The van der Waals surface area contributed by atoms with Gasteiger partial charge in [0.05, 0.1) is 0 Å². The molecule has 1 aromatic rings. The van der Waals surface area contributed by atoms with E-state index in [0.717, 1.165) is 12.1 Å². The van der Waals surface area contributed by atoms with Crippen molar-refractivity contribution in [2.45, 2.75) is 25.2 Å². The average molecular weight is 267 g/mol. The van der Waals surface area contributed by atoms with Crippen molar-refractivity contribution in [2.75, 3.05) is 6.61 Å². The fourth-order valence-electron chi connectivity index (χ4n) is 1.43. The molecule has 1 aromatic carbocycles. The van der Waals surface area contributed by atoms with Crippen LogP contribution in [0.25, 0.3) is 0 Å². The van der Waals surface area contributed by atoms with Crippen LogP contribution < -0.4 is 10.5 Å². The number of rotatable bonds is 5. The molecule has 3 nitrogen and oxygen atoms in total. The summed E-state index contributed by atoms with van der Waals surface area (Å²) < 4.78 is 52.5. The molecule has 18 heavy (non-hydrogen) atoms. The quantitative estimate of drug-likeness (QED) is 0.806. The average Bonchev–Trinajstić information content (AvgIpc) is 2.27. The number of benzene rings is 1. The Kier molecular flexibility index (Phi) is 4.92. The van der Waals surface area contributed by atoms with E-state index in [0.29, 0.717) is 18.4 Å². The van der Waals surface area contributed by atoms with E-state index >= 15 is 0 Å². The van der Waals surface area contributed by atoms with Crippen LogP contribution in [-0.4, -0.2) is 18.1 Å². The van der Waals surface area contributed by atoms with Crippen LogP contribution in [-0.2, 0) is 0 Å². The first-order chi connectivity index (χ1) is 8.33. The molecule has 0 bridgehead atoms.